The Morgan fingerprint density at radius 2 is 1.73 bits per heavy atom. The maximum Gasteiger partial charge on any atom is 0.252 e. The van der Waals surface area contributed by atoms with Crippen LogP contribution in [0.1, 0.15) is 31.9 Å². The first-order chi connectivity index (χ1) is 12.2. The highest BCUT2D eigenvalue weighted by molar-refractivity contribution is 9.10. The summed E-state index contributed by atoms with van der Waals surface area (Å²) in [4.78, 5) is 9.73. The Morgan fingerprint density at radius 3 is 2.38 bits per heavy atom. The highest BCUT2D eigenvalue weighted by atomic mass is 79.9. The predicted molar refractivity (Wildman–Crippen MR) is 116 cm³/mol. The van der Waals surface area contributed by atoms with E-state index in [4.69, 9.17) is 14.4 Å². The summed E-state index contributed by atoms with van der Waals surface area (Å²) in [6.45, 7) is 11.7. The van der Waals surface area contributed by atoms with Gasteiger partial charge in [0.15, 0.2) is 5.90 Å². The molecular formula is C21H25BrN2OSi. The van der Waals surface area contributed by atoms with Gasteiger partial charge in [-0.05, 0) is 36.3 Å². The first kappa shape index (κ1) is 19.0. The van der Waals surface area contributed by atoms with Gasteiger partial charge >= 0.3 is 0 Å². The second kappa shape index (κ2) is 7.12. The number of benzene rings is 2. The fourth-order valence-electron chi connectivity index (χ4n) is 2.54. The Kier molecular flexibility index (Phi) is 5.22. The van der Waals surface area contributed by atoms with Gasteiger partial charge in [0.25, 0.3) is 8.32 Å². The monoisotopic (exact) mass is 428 g/mol. The summed E-state index contributed by atoms with van der Waals surface area (Å²) in [6, 6.07) is 16.4. The molecule has 0 radical (unpaired) electrons. The Morgan fingerprint density at radius 1 is 1.04 bits per heavy atom. The zero-order valence-corrected chi connectivity index (χ0v) is 18.6. The third-order valence-corrected chi connectivity index (χ3v) is 9.91. The molecule has 0 unspecified atom stereocenters. The average molecular weight is 429 g/mol. The van der Waals surface area contributed by atoms with Crippen LogP contribution in [-0.2, 0) is 4.43 Å². The van der Waals surface area contributed by atoms with Gasteiger partial charge in [0.1, 0.15) is 6.54 Å². The third-order valence-electron chi connectivity index (χ3n) is 5.06. The van der Waals surface area contributed by atoms with E-state index in [1.807, 2.05) is 30.3 Å². The van der Waals surface area contributed by atoms with Crippen molar-refractivity contribution in [1.29, 1.82) is 0 Å². The summed E-state index contributed by atoms with van der Waals surface area (Å²) in [6.07, 6.45) is 0. The van der Waals surface area contributed by atoms with Crippen LogP contribution in [0, 0.1) is 0 Å². The molecule has 136 valence electrons. The standard InChI is InChI=1S/C21H25BrN2OSi/c1-21(2,3)26(4,5)25-19-14-23-20(15-9-7-6-8-10-15)17-13-16(22)11-12-18(17)24-19/h6-13H,14H2,1-5H3. The first-order valence-electron chi connectivity index (χ1n) is 8.84. The summed E-state index contributed by atoms with van der Waals surface area (Å²) in [7, 11) is -1.96. The van der Waals surface area contributed by atoms with E-state index < -0.39 is 8.32 Å². The van der Waals surface area contributed by atoms with Gasteiger partial charge in [-0.1, -0.05) is 67.0 Å². The van der Waals surface area contributed by atoms with Gasteiger partial charge in [-0.25, -0.2) is 4.99 Å². The summed E-state index contributed by atoms with van der Waals surface area (Å²) in [5.74, 6) is 0.714. The number of aliphatic imine (C=N–C) groups is 2. The van der Waals surface area contributed by atoms with Crippen molar-refractivity contribution in [3.05, 3.63) is 64.1 Å². The second-order valence-corrected chi connectivity index (χ2v) is 13.7. The van der Waals surface area contributed by atoms with Crippen molar-refractivity contribution in [1.82, 2.24) is 0 Å². The number of fused-ring (bicyclic) bond motifs is 1. The lowest BCUT2D eigenvalue weighted by molar-refractivity contribution is 0.479. The van der Waals surface area contributed by atoms with E-state index in [-0.39, 0.29) is 5.04 Å². The number of hydrogen-bond donors (Lipinski definition) is 0. The highest BCUT2D eigenvalue weighted by Gasteiger charge is 2.40. The molecule has 0 amide bonds. The van der Waals surface area contributed by atoms with Crippen LogP contribution in [0.4, 0.5) is 5.69 Å². The van der Waals surface area contributed by atoms with Gasteiger partial charge in [0.05, 0.1) is 11.4 Å². The summed E-state index contributed by atoms with van der Waals surface area (Å²) < 4.78 is 7.48. The molecule has 26 heavy (non-hydrogen) atoms. The zero-order chi connectivity index (χ0) is 18.9. The van der Waals surface area contributed by atoms with Crippen molar-refractivity contribution in [2.24, 2.45) is 9.98 Å². The number of rotatable bonds is 2. The van der Waals surface area contributed by atoms with E-state index in [9.17, 15) is 0 Å². The molecule has 1 heterocycles. The van der Waals surface area contributed by atoms with Gasteiger partial charge in [0, 0.05) is 15.6 Å². The number of nitrogens with zero attached hydrogens (tertiary/aromatic N) is 2. The van der Waals surface area contributed by atoms with Crippen LogP contribution in [0.15, 0.2) is 63.0 Å². The minimum Gasteiger partial charge on any atom is -0.532 e. The molecule has 5 heteroatoms. The molecule has 2 aromatic rings. The quantitative estimate of drug-likeness (QED) is 0.512. The van der Waals surface area contributed by atoms with Gasteiger partial charge in [-0.15, -0.1) is 0 Å². The Labute approximate surface area is 165 Å². The van der Waals surface area contributed by atoms with Crippen molar-refractivity contribution in [3.63, 3.8) is 0 Å². The van der Waals surface area contributed by atoms with Crippen LogP contribution in [0.5, 0.6) is 0 Å². The van der Waals surface area contributed by atoms with Crippen LogP contribution in [0.25, 0.3) is 0 Å². The first-order valence-corrected chi connectivity index (χ1v) is 12.5. The second-order valence-electron chi connectivity index (χ2n) is 8.06. The van der Waals surface area contributed by atoms with Crippen molar-refractivity contribution in [2.45, 2.75) is 38.9 Å². The molecule has 0 bridgehead atoms. The lowest BCUT2D eigenvalue weighted by atomic mass is 10.0. The molecule has 0 aliphatic carbocycles. The van der Waals surface area contributed by atoms with Crippen LogP contribution < -0.4 is 0 Å². The fraction of sp³-hybridized carbons (Fsp3) is 0.333. The Balaban J connectivity index is 2.06. The lowest BCUT2D eigenvalue weighted by Crippen LogP contribution is -2.43. The minimum atomic E-state index is -1.96. The molecule has 1 aliphatic heterocycles. The third kappa shape index (κ3) is 3.99. The van der Waals surface area contributed by atoms with E-state index >= 15 is 0 Å². The average Bonchev–Trinajstić information content (AvgIpc) is 2.73. The van der Waals surface area contributed by atoms with Crippen LogP contribution >= 0.6 is 15.9 Å². The molecule has 1 aliphatic rings. The molecule has 0 N–H and O–H groups in total. The normalized spacial score (nSPS) is 14.8. The SMILES string of the molecule is CC(C)(C)[Si](C)(C)OC1=Nc2ccc(Br)cc2C(c2ccccc2)=NC1. The zero-order valence-electron chi connectivity index (χ0n) is 16.0. The van der Waals surface area contributed by atoms with Crippen molar-refractivity contribution in [2.75, 3.05) is 6.54 Å². The lowest BCUT2D eigenvalue weighted by Gasteiger charge is -2.36. The molecule has 0 atom stereocenters. The fourth-order valence-corrected chi connectivity index (χ4v) is 3.91. The van der Waals surface area contributed by atoms with E-state index in [0.29, 0.717) is 12.4 Å². The maximum absolute atomic E-state index is 6.46. The predicted octanol–water partition coefficient (Wildman–Crippen LogP) is 6.35. The Bertz CT molecular complexity index is 867. The molecule has 0 saturated heterocycles. The van der Waals surface area contributed by atoms with Crippen molar-refractivity contribution in [3.8, 4) is 0 Å². The molecule has 3 rings (SSSR count). The largest absolute Gasteiger partial charge is 0.532 e. The van der Waals surface area contributed by atoms with Crippen LogP contribution in [0.2, 0.25) is 18.1 Å². The molecule has 0 saturated carbocycles. The van der Waals surface area contributed by atoms with Gasteiger partial charge in [-0.3, -0.25) is 4.99 Å². The van der Waals surface area contributed by atoms with Crippen molar-refractivity contribution < 1.29 is 4.43 Å². The maximum atomic E-state index is 6.46. The Hall–Kier alpha value is -1.72. The van der Waals surface area contributed by atoms with Crippen molar-refractivity contribution >= 4 is 41.5 Å². The topological polar surface area (TPSA) is 34.0 Å². The van der Waals surface area contributed by atoms with Gasteiger partial charge in [-0.2, -0.15) is 0 Å². The number of halogens is 1. The molecule has 3 nitrogen and oxygen atoms in total. The van der Waals surface area contributed by atoms with Crippen LogP contribution in [-0.4, -0.2) is 26.5 Å². The van der Waals surface area contributed by atoms with Gasteiger partial charge < -0.3 is 4.43 Å². The number of hydrogen-bond acceptors (Lipinski definition) is 3. The molecule has 0 aromatic heterocycles. The highest BCUT2D eigenvalue weighted by Crippen LogP contribution is 2.37. The van der Waals surface area contributed by atoms with Crippen LogP contribution in [0.3, 0.4) is 0 Å². The van der Waals surface area contributed by atoms with E-state index in [1.165, 1.54) is 0 Å². The van der Waals surface area contributed by atoms with Gasteiger partial charge in [0.2, 0.25) is 0 Å². The molecule has 2 aromatic carbocycles. The molecule has 0 spiro atoms. The van der Waals surface area contributed by atoms with E-state index in [1.54, 1.807) is 0 Å². The minimum absolute atomic E-state index is 0.121. The smallest absolute Gasteiger partial charge is 0.252 e. The summed E-state index contributed by atoms with van der Waals surface area (Å²) in [5.41, 5.74) is 3.98. The molecular weight excluding hydrogens is 404 g/mol. The molecule has 0 fully saturated rings. The summed E-state index contributed by atoms with van der Waals surface area (Å²) >= 11 is 3.58. The van der Waals surface area contributed by atoms with E-state index in [2.05, 4.69) is 68.0 Å². The summed E-state index contributed by atoms with van der Waals surface area (Å²) in [5, 5.41) is 0.121. The van der Waals surface area contributed by atoms with E-state index in [0.717, 1.165) is 27.0 Å².